The molecule has 0 spiro atoms. The summed E-state index contributed by atoms with van der Waals surface area (Å²) in [5.41, 5.74) is 1.55. The van der Waals surface area contributed by atoms with Gasteiger partial charge in [0.05, 0.1) is 0 Å². The zero-order valence-corrected chi connectivity index (χ0v) is 13.4. The molecule has 0 aliphatic heterocycles. The average Bonchev–Trinajstić information content (AvgIpc) is 2.37. The summed E-state index contributed by atoms with van der Waals surface area (Å²) in [5.74, 6) is 0. The van der Waals surface area contributed by atoms with Gasteiger partial charge in [0.1, 0.15) is 0 Å². The maximum absolute atomic E-state index is 3.64. The third-order valence-electron chi connectivity index (χ3n) is 3.79. The number of benzene rings is 1. The second-order valence-electron chi connectivity index (χ2n) is 6.48. The topological polar surface area (TPSA) is 15.3 Å². The summed E-state index contributed by atoms with van der Waals surface area (Å²) in [6.45, 7) is 12.2. The van der Waals surface area contributed by atoms with Crippen LogP contribution in [0, 0.1) is 0 Å². The van der Waals surface area contributed by atoms with Crippen LogP contribution in [-0.2, 0) is 0 Å². The minimum Gasteiger partial charge on any atom is -0.310 e. The quantitative estimate of drug-likeness (QED) is 0.838. The molecule has 1 rings (SSSR count). The van der Waals surface area contributed by atoms with Crippen LogP contribution in [0.5, 0.6) is 0 Å². The van der Waals surface area contributed by atoms with Crippen LogP contribution in [0.1, 0.15) is 52.6 Å². The lowest BCUT2D eigenvalue weighted by Crippen LogP contribution is -2.44. The van der Waals surface area contributed by atoms with E-state index < -0.39 is 0 Å². The van der Waals surface area contributed by atoms with Gasteiger partial charge in [-0.1, -0.05) is 37.3 Å². The van der Waals surface area contributed by atoms with Gasteiger partial charge in [-0.05, 0) is 46.7 Å². The Morgan fingerprint density at radius 2 is 1.74 bits per heavy atom. The molecule has 0 radical (unpaired) electrons. The minimum atomic E-state index is 0.156. The van der Waals surface area contributed by atoms with E-state index in [1.165, 1.54) is 12.0 Å². The van der Waals surface area contributed by atoms with Crippen molar-refractivity contribution in [2.24, 2.45) is 0 Å². The first kappa shape index (κ1) is 16.2. The van der Waals surface area contributed by atoms with Crippen LogP contribution >= 0.6 is 0 Å². The summed E-state index contributed by atoms with van der Waals surface area (Å²) >= 11 is 0. The fourth-order valence-electron chi connectivity index (χ4n) is 2.17. The lowest BCUT2D eigenvalue weighted by molar-refractivity contribution is 0.168. The van der Waals surface area contributed by atoms with Gasteiger partial charge in [-0.3, -0.25) is 4.90 Å². The van der Waals surface area contributed by atoms with E-state index in [9.17, 15) is 0 Å². The molecule has 2 nitrogen and oxygen atoms in total. The molecule has 0 bridgehead atoms. The summed E-state index contributed by atoms with van der Waals surface area (Å²) in [5, 5.41) is 3.64. The highest BCUT2D eigenvalue weighted by Crippen LogP contribution is 2.22. The molecule has 2 unspecified atom stereocenters. The predicted octanol–water partition coefficient (Wildman–Crippen LogP) is 3.85. The van der Waals surface area contributed by atoms with Crippen LogP contribution in [-0.4, -0.2) is 30.1 Å². The Bertz CT molecular complexity index is 353. The molecule has 1 aromatic rings. The van der Waals surface area contributed by atoms with Crippen molar-refractivity contribution in [1.82, 2.24) is 10.2 Å². The van der Waals surface area contributed by atoms with Crippen molar-refractivity contribution in [3.63, 3.8) is 0 Å². The van der Waals surface area contributed by atoms with Gasteiger partial charge in [0, 0.05) is 24.2 Å². The van der Waals surface area contributed by atoms with Crippen molar-refractivity contribution in [2.45, 2.75) is 58.7 Å². The molecule has 0 saturated heterocycles. The number of hydrogen-bond acceptors (Lipinski definition) is 2. The van der Waals surface area contributed by atoms with Crippen LogP contribution in [0.4, 0.5) is 0 Å². The Morgan fingerprint density at radius 3 is 2.21 bits per heavy atom. The molecule has 2 heteroatoms. The van der Waals surface area contributed by atoms with Crippen molar-refractivity contribution in [3.05, 3.63) is 35.9 Å². The summed E-state index contributed by atoms with van der Waals surface area (Å²) in [4.78, 5) is 2.48. The Hall–Kier alpha value is -0.860. The van der Waals surface area contributed by atoms with Gasteiger partial charge >= 0.3 is 0 Å². The van der Waals surface area contributed by atoms with Gasteiger partial charge in [-0.25, -0.2) is 0 Å². The fourth-order valence-corrected chi connectivity index (χ4v) is 2.17. The van der Waals surface area contributed by atoms with Crippen molar-refractivity contribution < 1.29 is 0 Å². The first-order chi connectivity index (χ1) is 8.85. The molecule has 0 fully saturated rings. The van der Waals surface area contributed by atoms with Crippen molar-refractivity contribution in [2.75, 3.05) is 13.6 Å². The van der Waals surface area contributed by atoms with E-state index in [0.29, 0.717) is 12.1 Å². The SMILES string of the molecule is CCC(C)N(C)C(CNC(C)(C)C)c1ccccc1. The van der Waals surface area contributed by atoms with E-state index in [4.69, 9.17) is 0 Å². The summed E-state index contributed by atoms with van der Waals surface area (Å²) < 4.78 is 0. The maximum atomic E-state index is 3.64. The number of nitrogens with zero attached hydrogens (tertiary/aromatic N) is 1. The van der Waals surface area contributed by atoms with Crippen LogP contribution < -0.4 is 5.32 Å². The molecule has 1 N–H and O–H groups in total. The minimum absolute atomic E-state index is 0.156. The highest BCUT2D eigenvalue weighted by Gasteiger charge is 2.22. The monoisotopic (exact) mass is 262 g/mol. The molecule has 2 atom stereocenters. The molecule has 1 aromatic carbocycles. The number of likely N-dealkylation sites (N-methyl/N-ethyl adjacent to an activating group) is 1. The zero-order chi connectivity index (χ0) is 14.5. The predicted molar refractivity (Wildman–Crippen MR) is 84.5 cm³/mol. The maximum Gasteiger partial charge on any atom is 0.0472 e. The van der Waals surface area contributed by atoms with E-state index in [0.717, 1.165) is 6.54 Å². The second kappa shape index (κ2) is 7.06. The van der Waals surface area contributed by atoms with Crippen molar-refractivity contribution >= 4 is 0 Å². The molecule has 0 heterocycles. The van der Waals surface area contributed by atoms with E-state index in [1.54, 1.807) is 0 Å². The zero-order valence-electron chi connectivity index (χ0n) is 13.4. The number of hydrogen-bond donors (Lipinski definition) is 1. The largest absolute Gasteiger partial charge is 0.310 e. The number of rotatable bonds is 6. The summed E-state index contributed by atoms with van der Waals surface area (Å²) in [6, 6.07) is 11.8. The van der Waals surface area contributed by atoms with Gasteiger partial charge < -0.3 is 5.32 Å². The lowest BCUT2D eigenvalue weighted by Gasteiger charge is -2.35. The summed E-state index contributed by atoms with van der Waals surface area (Å²) in [6.07, 6.45) is 1.18. The molecule has 0 aliphatic carbocycles. The average molecular weight is 262 g/mol. The van der Waals surface area contributed by atoms with E-state index >= 15 is 0 Å². The molecular formula is C17H30N2. The Labute approximate surface area is 119 Å². The van der Waals surface area contributed by atoms with Gasteiger partial charge in [-0.15, -0.1) is 0 Å². The Kier molecular flexibility index (Phi) is 6.02. The van der Waals surface area contributed by atoms with Gasteiger partial charge in [0.25, 0.3) is 0 Å². The van der Waals surface area contributed by atoms with Crippen LogP contribution in [0.3, 0.4) is 0 Å². The van der Waals surface area contributed by atoms with E-state index in [-0.39, 0.29) is 5.54 Å². The third-order valence-corrected chi connectivity index (χ3v) is 3.79. The van der Waals surface area contributed by atoms with E-state index in [1.807, 2.05) is 0 Å². The van der Waals surface area contributed by atoms with Gasteiger partial charge in [-0.2, -0.15) is 0 Å². The summed E-state index contributed by atoms with van der Waals surface area (Å²) in [7, 11) is 2.23. The van der Waals surface area contributed by atoms with E-state index in [2.05, 4.69) is 82.2 Å². The molecule has 0 aliphatic rings. The molecule has 19 heavy (non-hydrogen) atoms. The second-order valence-corrected chi connectivity index (χ2v) is 6.48. The third kappa shape index (κ3) is 5.33. The first-order valence-corrected chi connectivity index (χ1v) is 7.37. The Morgan fingerprint density at radius 1 is 1.16 bits per heavy atom. The van der Waals surface area contributed by atoms with Crippen LogP contribution in [0.2, 0.25) is 0 Å². The normalized spacial score (nSPS) is 15.5. The van der Waals surface area contributed by atoms with Crippen molar-refractivity contribution in [1.29, 1.82) is 0 Å². The van der Waals surface area contributed by atoms with Gasteiger partial charge in [0.15, 0.2) is 0 Å². The van der Waals surface area contributed by atoms with Crippen LogP contribution in [0.25, 0.3) is 0 Å². The highest BCUT2D eigenvalue weighted by atomic mass is 15.2. The molecule has 0 amide bonds. The Balaban J connectivity index is 2.85. The highest BCUT2D eigenvalue weighted by molar-refractivity contribution is 5.19. The van der Waals surface area contributed by atoms with Crippen molar-refractivity contribution in [3.8, 4) is 0 Å². The smallest absolute Gasteiger partial charge is 0.0472 e. The molecule has 108 valence electrons. The lowest BCUT2D eigenvalue weighted by atomic mass is 10.0. The molecule has 0 aromatic heterocycles. The fraction of sp³-hybridized carbons (Fsp3) is 0.647. The molecule has 0 saturated carbocycles. The van der Waals surface area contributed by atoms with Crippen LogP contribution in [0.15, 0.2) is 30.3 Å². The number of nitrogens with one attached hydrogen (secondary N) is 1. The molecular weight excluding hydrogens is 232 g/mol. The standard InChI is InChI=1S/C17H30N2/c1-7-14(2)19(6)16(13-18-17(3,4)5)15-11-9-8-10-12-15/h8-12,14,16,18H,7,13H2,1-6H3. The van der Waals surface area contributed by atoms with Gasteiger partial charge in [0.2, 0.25) is 0 Å². The first-order valence-electron chi connectivity index (χ1n) is 7.37.